The first-order chi connectivity index (χ1) is 13.7. The van der Waals surface area contributed by atoms with Gasteiger partial charge in [-0.25, -0.2) is 0 Å². The third-order valence-electron chi connectivity index (χ3n) is 5.92. The van der Waals surface area contributed by atoms with Crippen LogP contribution in [-0.4, -0.2) is 56.8 Å². The molecule has 0 atom stereocenters. The van der Waals surface area contributed by atoms with E-state index in [0.29, 0.717) is 18.7 Å². The van der Waals surface area contributed by atoms with Gasteiger partial charge in [0.2, 0.25) is 0 Å². The molecule has 1 heterocycles. The number of benzene rings is 2. The van der Waals surface area contributed by atoms with Crippen LogP contribution in [0.3, 0.4) is 0 Å². The fourth-order valence-corrected chi connectivity index (χ4v) is 3.84. The van der Waals surface area contributed by atoms with Crippen LogP contribution in [0.5, 0.6) is 11.5 Å². The van der Waals surface area contributed by atoms with Crippen LogP contribution in [0.25, 0.3) is 0 Å². The van der Waals surface area contributed by atoms with Crippen molar-refractivity contribution >= 4 is 5.91 Å². The van der Waals surface area contributed by atoms with Crippen LogP contribution in [-0.2, 0) is 19.5 Å². The van der Waals surface area contributed by atoms with E-state index in [1.54, 1.807) is 18.0 Å². The third-order valence-corrected chi connectivity index (χ3v) is 5.92. The highest BCUT2D eigenvalue weighted by atomic mass is 16.3. The van der Waals surface area contributed by atoms with Gasteiger partial charge in [-0.1, -0.05) is 18.2 Å². The van der Waals surface area contributed by atoms with Crippen molar-refractivity contribution in [1.82, 2.24) is 9.80 Å². The number of aromatic hydroxyl groups is 2. The summed E-state index contributed by atoms with van der Waals surface area (Å²) >= 11 is 0. The Morgan fingerprint density at radius 1 is 1.14 bits per heavy atom. The Balaban J connectivity index is 1.72. The summed E-state index contributed by atoms with van der Waals surface area (Å²) in [4.78, 5) is 16.7. The van der Waals surface area contributed by atoms with E-state index in [9.17, 15) is 15.0 Å². The fourth-order valence-electron chi connectivity index (χ4n) is 3.84. The van der Waals surface area contributed by atoms with Gasteiger partial charge in [-0.3, -0.25) is 9.69 Å². The summed E-state index contributed by atoms with van der Waals surface area (Å²) in [6.07, 6.45) is 1.65. The second-order valence-corrected chi connectivity index (χ2v) is 8.39. The fraction of sp³-hybridized carbons (Fsp3) is 0.435. The first-order valence-corrected chi connectivity index (χ1v) is 9.96. The number of phenols is 2. The van der Waals surface area contributed by atoms with Gasteiger partial charge in [0, 0.05) is 37.8 Å². The van der Waals surface area contributed by atoms with E-state index >= 15 is 0 Å². The molecule has 0 bridgehead atoms. The average Bonchev–Trinajstić information content (AvgIpc) is 3.14. The molecule has 0 fully saturated rings. The number of aliphatic hydroxyl groups excluding tert-OH is 1. The number of aryl methyl sites for hydroxylation is 1. The molecular formula is C23H30N2O4. The van der Waals surface area contributed by atoms with Gasteiger partial charge in [0.15, 0.2) is 11.5 Å². The zero-order valence-corrected chi connectivity index (χ0v) is 17.4. The van der Waals surface area contributed by atoms with Gasteiger partial charge >= 0.3 is 0 Å². The minimum atomic E-state index is -0.107. The van der Waals surface area contributed by atoms with Crippen LogP contribution < -0.4 is 0 Å². The average molecular weight is 399 g/mol. The molecule has 6 nitrogen and oxygen atoms in total. The highest BCUT2D eigenvalue weighted by Crippen LogP contribution is 2.34. The van der Waals surface area contributed by atoms with Crippen molar-refractivity contribution in [3.8, 4) is 11.5 Å². The summed E-state index contributed by atoms with van der Waals surface area (Å²) in [5.74, 6) is -0.259. The summed E-state index contributed by atoms with van der Waals surface area (Å²) in [7, 11) is 1.71. The number of hydrogen-bond donors (Lipinski definition) is 3. The summed E-state index contributed by atoms with van der Waals surface area (Å²) in [6.45, 7) is 6.14. The minimum absolute atomic E-state index is 0.0523. The molecule has 3 N–H and O–H groups in total. The highest BCUT2D eigenvalue weighted by Gasteiger charge is 2.33. The van der Waals surface area contributed by atoms with E-state index in [1.807, 2.05) is 18.2 Å². The highest BCUT2D eigenvalue weighted by molar-refractivity contribution is 5.96. The molecule has 0 radical (unpaired) electrons. The number of rotatable bonds is 7. The second kappa shape index (κ2) is 8.43. The van der Waals surface area contributed by atoms with Crippen molar-refractivity contribution < 1.29 is 20.1 Å². The number of phenolic OH excluding ortho intramolecular Hbond substituents is 2. The van der Waals surface area contributed by atoms with E-state index in [1.165, 1.54) is 11.6 Å². The molecule has 156 valence electrons. The van der Waals surface area contributed by atoms with Gasteiger partial charge in [0.1, 0.15) is 0 Å². The number of nitrogens with zero attached hydrogens (tertiary/aromatic N) is 2. The zero-order valence-electron chi connectivity index (χ0n) is 17.4. The number of aliphatic hydroxyl groups is 1. The van der Waals surface area contributed by atoms with Crippen LogP contribution in [0.15, 0.2) is 36.4 Å². The smallest absolute Gasteiger partial charge is 0.254 e. The van der Waals surface area contributed by atoms with Gasteiger partial charge in [-0.2, -0.15) is 0 Å². The molecule has 29 heavy (non-hydrogen) atoms. The topological polar surface area (TPSA) is 84.2 Å². The van der Waals surface area contributed by atoms with E-state index in [-0.39, 0.29) is 29.6 Å². The van der Waals surface area contributed by atoms with Gasteiger partial charge < -0.3 is 20.2 Å². The Morgan fingerprint density at radius 2 is 1.90 bits per heavy atom. The SMILES string of the molecule is CN(CCO)C(=O)c1cccc2c1CN(C(C)(C)CCc1ccc(O)c(O)c1)C2. The van der Waals surface area contributed by atoms with Crippen molar-refractivity contribution in [2.75, 3.05) is 20.2 Å². The number of fused-ring (bicyclic) bond motifs is 1. The van der Waals surface area contributed by atoms with E-state index in [4.69, 9.17) is 5.11 Å². The van der Waals surface area contributed by atoms with Crippen LogP contribution >= 0.6 is 0 Å². The molecule has 6 heteroatoms. The molecule has 0 spiro atoms. The molecule has 0 aromatic heterocycles. The summed E-state index contributed by atoms with van der Waals surface area (Å²) in [5, 5.41) is 28.3. The van der Waals surface area contributed by atoms with E-state index in [2.05, 4.69) is 24.8 Å². The lowest BCUT2D eigenvalue weighted by atomic mass is 9.93. The molecule has 3 rings (SSSR count). The predicted octanol–water partition coefficient (Wildman–Crippen LogP) is 2.89. The van der Waals surface area contributed by atoms with Crippen LogP contribution in [0.4, 0.5) is 0 Å². The van der Waals surface area contributed by atoms with Crippen molar-refractivity contribution in [1.29, 1.82) is 0 Å². The lowest BCUT2D eigenvalue weighted by molar-refractivity contribution is 0.0762. The monoisotopic (exact) mass is 398 g/mol. The molecule has 0 aliphatic carbocycles. The Bertz CT molecular complexity index is 894. The van der Waals surface area contributed by atoms with Gasteiger partial charge in [-0.05, 0) is 61.6 Å². The molecule has 0 saturated carbocycles. The zero-order chi connectivity index (χ0) is 21.2. The molecule has 2 aromatic carbocycles. The molecule has 1 aliphatic rings. The van der Waals surface area contributed by atoms with Gasteiger partial charge in [-0.15, -0.1) is 0 Å². The van der Waals surface area contributed by atoms with Gasteiger partial charge in [0.05, 0.1) is 6.61 Å². The van der Waals surface area contributed by atoms with Crippen molar-refractivity contribution in [3.63, 3.8) is 0 Å². The molecule has 0 unspecified atom stereocenters. The lowest BCUT2D eigenvalue weighted by Crippen LogP contribution is -2.40. The van der Waals surface area contributed by atoms with Crippen molar-refractivity contribution in [2.45, 2.75) is 45.3 Å². The van der Waals surface area contributed by atoms with Gasteiger partial charge in [0.25, 0.3) is 5.91 Å². The summed E-state index contributed by atoms with van der Waals surface area (Å²) in [5.41, 5.74) is 3.82. The Morgan fingerprint density at radius 3 is 2.59 bits per heavy atom. The largest absolute Gasteiger partial charge is 0.504 e. The Kier molecular flexibility index (Phi) is 6.15. The van der Waals surface area contributed by atoms with E-state index in [0.717, 1.165) is 30.5 Å². The van der Waals surface area contributed by atoms with E-state index < -0.39 is 0 Å². The summed E-state index contributed by atoms with van der Waals surface area (Å²) in [6, 6.07) is 10.8. The third kappa shape index (κ3) is 4.54. The van der Waals surface area contributed by atoms with Crippen LogP contribution in [0.1, 0.15) is 47.3 Å². The number of likely N-dealkylation sites (N-methyl/N-ethyl adjacent to an activating group) is 1. The molecule has 0 saturated heterocycles. The Labute approximate surface area is 172 Å². The number of carbonyl (C=O) groups excluding carboxylic acids is 1. The Hall–Kier alpha value is -2.57. The van der Waals surface area contributed by atoms with Crippen LogP contribution in [0.2, 0.25) is 0 Å². The normalized spacial score (nSPS) is 14.1. The number of amides is 1. The summed E-state index contributed by atoms with van der Waals surface area (Å²) < 4.78 is 0. The van der Waals surface area contributed by atoms with Crippen LogP contribution in [0, 0.1) is 0 Å². The number of carbonyl (C=O) groups is 1. The van der Waals surface area contributed by atoms with Crippen molar-refractivity contribution in [3.05, 3.63) is 58.7 Å². The molecule has 1 aliphatic heterocycles. The maximum absolute atomic E-state index is 12.8. The first-order valence-electron chi connectivity index (χ1n) is 9.96. The molecule has 1 amide bonds. The molecule has 2 aromatic rings. The first kappa shape index (κ1) is 21.1. The second-order valence-electron chi connectivity index (χ2n) is 8.39. The quantitative estimate of drug-likeness (QED) is 0.625. The predicted molar refractivity (Wildman–Crippen MR) is 112 cm³/mol. The maximum atomic E-state index is 12.8. The lowest BCUT2D eigenvalue weighted by Gasteiger charge is -2.35. The standard InChI is InChI=1S/C23H30N2O4/c1-23(2,10-9-16-7-8-20(27)21(28)13-16)25-14-17-5-4-6-18(19(17)15-25)22(29)24(3)11-12-26/h4-8,13,26-28H,9-12,14-15H2,1-3H3. The maximum Gasteiger partial charge on any atom is 0.254 e. The minimum Gasteiger partial charge on any atom is -0.504 e. The molecular weight excluding hydrogens is 368 g/mol. The number of hydrogen-bond acceptors (Lipinski definition) is 5. The van der Waals surface area contributed by atoms with Crippen molar-refractivity contribution in [2.24, 2.45) is 0 Å².